The molecule has 2 heterocycles. The molecule has 1 fully saturated rings. The molecule has 2 aromatic carbocycles. The number of fused-ring (bicyclic) bond motifs is 1. The standard InChI is InChI=1S/C21H23ClN2O3/c1-26-20-5-3-17(22)13-18(20)21(25)24-9-7-23(8-10-24)14-15-2-4-19-16(12-15)6-11-27-19/h2-5,12-13H,6-11,14H2,1H3/p+1. The van der Waals surface area contributed by atoms with Gasteiger partial charge in [0.25, 0.3) is 5.91 Å². The lowest BCUT2D eigenvalue weighted by molar-refractivity contribution is -0.917. The van der Waals surface area contributed by atoms with E-state index in [4.69, 9.17) is 21.1 Å². The Morgan fingerprint density at radius 3 is 2.81 bits per heavy atom. The number of methoxy groups -OCH3 is 1. The van der Waals surface area contributed by atoms with Gasteiger partial charge in [0.05, 0.1) is 45.5 Å². The fourth-order valence-electron chi connectivity index (χ4n) is 3.86. The fraction of sp³-hybridized carbons (Fsp3) is 0.381. The average molecular weight is 388 g/mol. The molecule has 0 aromatic heterocycles. The minimum Gasteiger partial charge on any atom is -0.496 e. The number of benzene rings is 2. The van der Waals surface area contributed by atoms with Crippen molar-refractivity contribution in [2.45, 2.75) is 13.0 Å². The lowest BCUT2D eigenvalue weighted by Gasteiger charge is -2.32. The summed E-state index contributed by atoms with van der Waals surface area (Å²) in [5.41, 5.74) is 3.19. The highest BCUT2D eigenvalue weighted by Gasteiger charge is 2.27. The molecule has 4 rings (SSSR count). The van der Waals surface area contributed by atoms with Crippen LogP contribution < -0.4 is 14.4 Å². The van der Waals surface area contributed by atoms with E-state index < -0.39 is 0 Å². The molecular weight excluding hydrogens is 364 g/mol. The summed E-state index contributed by atoms with van der Waals surface area (Å²) < 4.78 is 10.9. The van der Waals surface area contributed by atoms with Crippen LogP contribution in [-0.2, 0) is 13.0 Å². The van der Waals surface area contributed by atoms with Gasteiger partial charge in [-0.15, -0.1) is 0 Å². The van der Waals surface area contributed by atoms with E-state index in [0.717, 1.165) is 51.5 Å². The third kappa shape index (κ3) is 3.89. The van der Waals surface area contributed by atoms with Crippen molar-refractivity contribution in [2.75, 3.05) is 39.9 Å². The molecule has 0 atom stereocenters. The number of nitrogens with zero attached hydrogens (tertiary/aromatic N) is 1. The number of piperazine rings is 1. The molecule has 6 heteroatoms. The topological polar surface area (TPSA) is 43.2 Å². The second-order valence-electron chi connectivity index (χ2n) is 7.10. The van der Waals surface area contributed by atoms with E-state index >= 15 is 0 Å². The summed E-state index contributed by atoms with van der Waals surface area (Å²) in [6.07, 6.45) is 1.00. The van der Waals surface area contributed by atoms with Crippen molar-refractivity contribution in [1.82, 2.24) is 4.90 Å². The highest BCUT2D eigenvalue weighted by molar-refractivity contribution is 6.31. The zero-order valence-corrected chi connectivity index (χ0v) is 16.2. The zero-order valence-electron chi connectivity index (χ0n) is 15.5. The summed E-state index contributed by atoms with van der Waals surface area (Å²) in [7, 11) is 1.57. The number of carbonyl (C=O) groups is 1. The highest BCUT2D eigenvalue weighted by atomic mass is 35.5. The van der Waals surface area contributed by atoms with Crippen LogP contribution >= 0.6 is 11.6 Å². The highest BCUT2D eigenvalue weighted by Crippen LogP contribution is 2.26. The van der Waals surface area contributed by atoms with Crippen molar-refractivity contribution in [2.24, 2.45) is 0 Å². The second kappa shape index (κ2) is 7.79. The van der Waals surface area contributed by atoms with Crippen LogP contribution in [0.25, 0.3) is 0 Å². The number of quaternary nitrogens is 1. The first-order chi connectivity index (χ1) is 13.1. The number of carbonyl (C=O) groups excluding carboxylic acids is 1. The molecule has 1 amide bonds. The molecule has 1 N–H and O–H groups in total. The van der Waals surface area contributed by atoms with Crippen molar-refractivity contribution in [1.29, 1.82) is 0 Å². The fourth-order valence-corrected chi connectivity index (χ4v) is 4.03. The average Bonchev–Trinajstić information content (AvgIpc) is 3.16. The number of halogens is 1. The van der Waals surface area contributed by atoms with Crippen molar-refractivity contribution in [3.8, 4) is 11.5 Å². The zero-order chi connectivity index (χ0) is 18.8. The van der Waals surface area contributed by atoms with Crippen LogP contribution in [0.4, 0.5) is 0 Å². The maximum Gasteiger partial charge on any atom is 0.258 e. The number of hydrogen-bond acceptors (Lipinski definition) is 3. The molecule has 2 aliphatic heterocycles. The van der Waals surface area contributed by atoms with Gasteiger partial charge in [0.15, 0.2) is 0 Å². The van der Waals surface area contributed by atoms with E-state index in [1.807, 2.05) is 4.90 Å². The van der Waals surface area contributed by atoms with Gasteiger partial charge in [-0.05, 0) is 42.0 Å². The van der Waals surface area contributed by atoms with Crippen LogP contribution in [0.15, 0.2) is 36.4 Å². The Hall–Kier alpha value is -2.24. The van der Waals surface area contributed by atoms with E-state index in [9.17, 15) is 4.79 Å². The minimum absolute atomic E-state index is 0.0110. The van der Waals surface area contributed by atoms with Gasteiger partial charge in [-0.2, -0.15) is 0 Å². The molecule has 0 radical (unpaired) electrons. The molecule has 0 bridgehead atoms. The normalized spacial score (nSPS) is 16.7. The van der Waals surface area contributed by atoms with E-state index in [2.05, 4.69) is 18.2 Å². The predicted octanol–water partition coefficient (Wildman–Crippen LogP) is 1.82. The van der Waals surface area contributed by atoms with Crippen LogP contribution in [0.3, 0.4) is 0 Å². The third-order valence-electron chi connectivity index (χ3n) is 5.36. The molecule has 0 unspecified atom stereocenters. The Bertz CT molecular complexity index is 847. The van der Waals surface area contributed by atoms with Crippen LogP contribution in [0.1, 0.15) is 21.5 Å². The van der Waals surface area contributed by atoms with Gasteiger partial charge in [0.2, 0.25) is 0 Å². The van der Waals surface area contributed by atoms with Crippen LogP contribution in [-0.4, -0.2) is 50.7 Å². The second-order valence-corrected chi connectivity index (χ2v) is 7.54. The number of hydrogen-bond donors (Lipinski definition) is 1. The largest absolute Gasteiger partial charge is 0.496 e. The maximum absolute atomic E-state index is 12.9. The molecule has 1 saturated heterocycles. The number of ether oxygens (including phenoxy) is 2. The van der Waals surface area contributed by atoms with Gasteiger partial charge >= 0.3 is 0 Å². The van der Waals surface area contributed by atoms with Crippen LogP contribution in [0.5, 0.6) is 11.5 Å². The molecule has 0 saturated carbocycles. The quantitative estimate of drug-likeness (QED) is 0.870. The minimum atomic E-state index is -0.0110. The maximum atomic E-state index is 12.9. The molecule has 142 valence electrons. The summed E-state index contributed by atoms with van der Waals surface area (Å²) in [6, 6.07) is 11.7. The van der Waals surface area contributed by atoms with Crippen molar-refractivity contribution in [3.05, 3.63) is 58.1 Å². The van der Waals surface area contributed by atoms with E-state index in [1.54, 1.807) is 25.3 Å². The first kappa shape index (κ1) is 18.1. The molecule has 0 spiro atoms. The molecule has 0 aliphatic carbocycles. The van der Waals surface area contributed by atoms with E-state index in [-0.39, 0.29) is 5.91 Å². The summed E-state index contributed by atoms with van der Waals surface area (Å²) in [4.78, 5) is 16.3. The van der Waals surface area contributed by atoms with Crippen LogP contribution in [0, 0.1) is 0 Å². The Balaban J connectivity index is 1.37. The van der Waals surface area contributed by atoms with Gasteiger partial charge in [-0.3, -0.25) is 4.79 Å². The summed E-state index contributed by atoms with van der Waals surface area (Å²) >= 11 is 6.07. The first-order valence-corrected chi connectivity index (χ1v) is 9.73. The smallest absolute Gasteiger partial charge is 0.258 e. The summed E-state index contributed by atoms with van der Waals surface area (Å²) in [5, 5.41) is 0.545. The van der Waals surface area contributed by atoms with Gasteiger partial charge in [0, 0.05) is 17.0 Å². The van der Waals surface area contributed by atoms with Gasteiger partial charge < -0.3 is 19.3 Å². The summed E-state index contributed by atoms with van der Waals surface area (Å²) in [5.74, 6) is 1.59. The lowest BCUT2D eigenvalue weighted by atomic mass is 10.1. The predicted molar refractivity (Wildman–Crippen MR) is 104 cm³/mol. The SMILES string of the molecule is COc1ccc(Cl)cc1C(=O)N1CC[NH+](Cc2ccc3c(c2)CCO3)CC1. The Morgan fingerprint density at radius 2 is 2.04 bits per heavy atom. The molecule has 2 aliphatic rings. The van der Waals surface area contributed by atoms with E-state index in [0.29, 0.717) is 16.3 Å². The Morgan fingerprint density at radius 1 is 1.22 bits per heavy atom. The third-order valence-corrected chi connectivity index (χ3v) is 5.59. The molecule has 5 nitrogen and oxygen atoms in total. The van der Waals surface area contributed by atoms with Crippen LogP contribution in [0.2, 0.25) is 5.02 Å². The molecular formula is C21H24ClN2O3+. The van der Waals surface area contributed by atoms with Crippen molar-refractivity contribution in [3.63, 3.8) is 0 Å². The van der Waals surface area contributed by atoms with Gasteiger partial charge in [-0.25, -0.2) is 0 Å². The van der Waals surface area contributed by atoms with Gasteiger partial charge in [0.1, 0.15) is 18.0 Å². The number of amides is 1. The number of rotatable bonds is 4. The molecule has 27 heavy (non-hydrogen) atoms. The monoisotopic (exact) mass is 387 g/mol. The lowest BCUT2D eigenvalue weighted by Crippen LogP contribution is -3.13. The number of nitrogens with one attached hydrogen (secondary N) is 1. The van der Waals surface area contributed by atoms with E-state index in [1.165, 1.54) is 16.0 Å². The van der Waals surface area contributed by atoms with Crippen molar-refractivity contribution < 1.29 is 19.2 Å². The summed E-state index contributed by atoms with van der Waals surface area (Å²) in [6.45, 7) is 5.11. The molecule has 2 aromatic rings. The Kier molecular flexibility index (Phi) is 5.23. The Labute approximate surface area is 164 Å². The first-order valence-electron chi connectivity index (χ1n) is 9.35. The van der Waals surface area contributed by atoms with Gasteiger partial charge in [-0.1, -0.05) is 11.6 Å². The van der Waals surface area contributed by atoms with Crippen molar-refractivity contribution >= 4 is 17.5 Å².